The van der Waals surface area contributed by atoms with E-state index in [9.17, 15) is 13.2 Å². The highest BCUT2D eigenvalue weighted by Gasteiger charge is 2.29. The number of anilines is 2. The normalized spacial score (nSPS) is 12.1. The van der Waals surface area contributed by atoms with Crippen molar-refractivity contribution in [1.82, 2.24) is 0 Å². The Morgan fingerprint density at radius 1 is 1.06 bits per heavy atom. The first-order chi connectivity index (χ1) is 16.2. The Morgan fingerprint density at radius 3 is 2.32 bits per heavy atom. The molecule has 0 aromatic heterocycles. The summed E-state index contributed by atoms with van der Waals surface area (Å²) in [6.07, 6.45) is 1.09. The molecule has 3 aromatic rings. The molecule has 0 aliphatic rings. The van der Waals surface area contributed by atoms with Crippen molar-refractivity contribution in [1.29, 1.82) is 0 Å². The number of ether oxygens (including phenoxy) is 1. The third-order valence-electron chi connectivity index (χ3n) is 5.19. The van der Waals surface area contributed by atoms with Crippen molar-refractivity contribution in [2.75, 3.05) is 22.5 Å². The number of benzene rings is 3. The maximum absolute atomic E-state index is 13.0. The Bertz CT molecular complexity index is 1210. The second kappa shape index (κ2) is 11.4. The number of carbonyl (C=O) groups excluding carboxylic acids is 1. The Kier molecular flexibility index (Phi) is 8.63. The van der Waals surface area contributed by atoms with E-state index in [1.807, 2.05) is 50.2 Å². The number of rotatable bonds is 10. The lowest BCUT2D eigenvalue weighted by Gasteiger charge is -2.28. The average Bonchev–Trinajstić information content (AvgIpc) is 2.80. The van der Waals surface area contributed by atoms with Crippen LogP contribution >= 0.6 is 11.8 Å². The van der Waals surface area contributed by atoms with Gasteiger partial charge in [-0.05, 0) is 74.4 Å². The number of amides is 1. The number of sulfonamides is 1. The molecule has 180 valence electrons. The number of hydrogen-bond acceptors (Lipinski definition) is 5. The molecule has 0 bridgehead atoms. The predicted molar refractivity (Wildman–Crippen MR) is 140 cm³/mol. The minimum Gasteiger partial charge on any atom is -0.494 e. The van der Waals surface area contributed by atoms with Gasteiger partial charge in [0.25, 0.3) is 0 Å². The first-order valence-corrected chi connectivity index (χ1v) is 13.8. The van der Waals surface area contributed by atoms with E-state index in [1.165, 1.54) is 4.90 Å². The summed E-state index contributed by atoms with van der Waals surface area (Å²) in [5, 5.41) is 2.89. The third kappa shape index (κ3) is 6.77. The lowest BCUT2D eigenvalue weighted by atomic mass is 10.1. The zero-order valence-corrected chi connectivity index (χ0v) is 21.4. The van der Waals surface area contributed by atoms with E-state index in [0.29, 0.717) is 23.7 Å². The van der Waals surface area contributed by atoms with Crippen molar-refractivity contribution < 1.29 is 17.9 Å². The molecule has 0 radical (unpaired) electrons. The zero-order chi connectivity index (χ0) is 24.7. The molecule has 3 aromatic carbocycles. The van der Waals surface area contributed by atoms with Gasteiger partial charge in [0.2, 0.25) is 15.9 Å². The van der Waals surface area contributed by atoms with Gasteiger partial charge in [-0.15, -0.1) is 11.8 Å². The van der Waals surface area contributed by atoms with Crippen LogP contribution in [0.15, 0.2) is 77.7 Å². The maximum atomic E-state index is 13.0. The summed E-state index contributed by atoms with van der Waals surface area (Å²) in [7, 11) is -3.70. The fourth-order valence-corrected chi connectivity index (χ4v) is 5.58. The van der Waals surface area contributed by atoms with Crippen LogP contribution in [0.2, 0.25) is 0 Å². The third-order valence-corrected chi connectivity index (χ3v) is 7.51. The molecule has 0 fully saturated rings. The number of aryl methyl sites for hydroxylation is 1. The zero-order valence-electron chi connectivity index (χ0n) is 19.8. The Labute approximate surface area is 206 Å². The topological polar surface area (TPSA) is 75.7 Å². The second-order valence-corrected chi connectivity index (χ2v) is 10.8. The Balaban J connectivity index is 1.72. The molecule has 34 heavy (non-hydrogen) atoms. The molecular weight excluding hydrogens is 468 g/mol. The lowest BCUT2D eigenvalue weighted by Crippen LogP contribution is -2.45. The Hall–Kier alpha value is -2.97. The van der Waals surface area contributed by atoms with Gasteiger partial charge in [-0.2, -0.15) is 0 Å². The highest BCUT2D eigenvalue weighted by Crippen LogP contribution is 2.27. The second-order valence-electron chi connectivity index (χ2n) is 7.90. The van der Waals surface area contributed by atoms with Crippen molar-refractivity contribution in [2.24, 2.45) is 0 Å². The molecule has 0 heterocycles. The van der Waals surface area contributed by atoms with Crippen LogP contribution in [0.3, 0.4) is 0 Å². The van der Waals surface area contributed by atoms with Crippen molar-refractivity contribution in [2.45, 2.75) is 37.5 Å². The first kappa shape index (κ1) is 25.6. The summed E-state index contributed by atoms with van der Waals surface area (Å²) in [5.74, 6) is 1.04. The summed E-state index contributed by atoms with van der Waals surface area (Å²) in [6, 6.07) is 21.8. The van der Waals surface area contributed by atoms with Gasteiger partial charge in [0.15, 0.2) is 0 Å². The fraction of sp³-hybridized carbons (Fsp3) is 0.269. The van der Waals surface area contributed by atoms with Crippen LogP contribution in [-0.2, 0) is 20.6 Å². The molecule has 1 unspecified atom stereocenters. The van der Waals surface area contributed by atoms with Gasteiger partial charge < -0.3 is 10.1 Å². The van der Waals surface area contributed by atoms with Gasteiger partial charge in [-0.25, -0.2) is 8.42 Å². The number of thioether (sulfide) groups is 1. The van der Waals surface area contributed by atoms with Crippen molar-refractivity contribution in [3.63, 3.8) is 0 Å². The van der Waals surface area contributed by atoms with Gasteiger partial charge in [0.05, 0.1) is 18.6 Å². The van der Waals surface area contributed by atoms with Crippen LogP contribution in [0.5, 0.6) is 5.75 Å². The molecule has 1 N–H and O–H groups in total. The largest absolute Gasteiger partial charge is 0.494 e. The van der Waals surface area contributed by atoms with Crippen LogP contribution < -0.4 is 14.4 Å². The molecule has 0 spiro atoms. The lowest BCUT2D eigenvalue weighted by molar-refractivity contribution is -0.116. The summed E-state index contributed by atoms with van der Waals surface area (Å²) in [5.41, 5.74) is 3.12. The summed E-state index contributed by atoms with van der Waals surface area (Å²) >= 11 is 1.75. The standard InChI is InChI=1S/C26H30N2O4S2/c1-5-32-23-14-12-22(13-15-23)28(34(4,30)31)20(3)26(29)27-25-16-11-21(17-19(25)2)18-33-24-9-7-6-8-10-24/h6-17,20H,5,18H2,1-4H3,(H,27,29). The van der Waals surface area contributed by atoms with Crippen molar-refractivity contribution >= 4 is 39.1 Å². The number of nitrogens with one attached hydrogen (secondary N) is 1. The smallest absolute Gasteiger partial charge is 0.248 e. The van der Waals surface area contributed by atoms with Crippen LogP contribution in [0.1, 0.15) is 25.0 Å². The van der Waals surface area contributed by atoms with Gasteiger partial charge in [0, 0.05) is 16.3 Å². The van der Waals surface area contributed by atoms with Crippen LogP contribution in [0, 0.1) is 6.92 Å². The van der Waals surface area contributed by atoms with E-state index < -0.39 is 22.0 Å². The summed E-state index contributed by atoms with van der Waals surface area (Å²) in [4.78, 5) is 14.2. The first-order valence-electron chi connectivity index (χ1n) is 11.0. The average molecular weight is 499 g/mol. The molecule has 1 amide bonds. The molecule has 0 saturated carbocycles. The molecule has 3 rings (SSSR count). The fourth-order valence-electron chi connectivity index (χ4n) is 3.54. The van der Waals surface area contributed by atoms with E-state index in [4.69, 9.17) is 4.74 Å². The molecule has 0 aliphatic heterocycles. The molecule has 0 saturated heterocycles. The van der Waals surface area contributed by atoms with Crippen LogP contribution in [-0.4, -0.2) is 33.2 Å². The number of carbonyl (C=O) groups is 1. The van der Waals surface area contributed by atoms with Gasteiger partial charge in [-0.1, -0.05) is 30.3 Å². The maximum Gasteiger partial charge on any atom is 0.248 e. The molecule has 6 nitrogen and oxygen atoms in total. The minimum absolute atomic E-state index is 0.401. The monoisotopic (exact) mass is 498 g/mol. The summed E-state index contributed by atoms with van der Waals surface area (Å²) < 4.78 is 31.7. The van der Waals surface area contributed by atoms with E-state index >= 15 is 0 Å². The highest BCUT2D eigenvalue weighted by molar-refractivity contribution is 7.98. The minimum atomic E-state index is -3.70. The van der Waals surface area contributed by atoms with Crippen LogP contribution in [0.4, 0.5) is 11.4 Å². The quantitative estimate of drug-likeness (QED) is 0.375. The van der Waals surface area contributed by atoms with Crippen molar-refractivity contribution in [3.8, 4) is 5.75 Å². The molecular formula is C26H30N2O4S2. The van der Waals surface area contributed by atoms with Gasteiger partial charge >= 0.3 is 0 Å². The molecule has 8 heteroatoms. The number of hydrogen-bond donors (Lipinski definition) is 1. The van der Waals surface area contributed by atoms with E-state index in [2.05, 4.69) is 17.4 Å². The van der Waals surface area contributed by atoms with Crippen LogP contribution in [0.25, 0.3) is 0 Å². The van der Waals surface area contributed by atoms with E-state index in [1.54, 1.807) is 43.0 Å². The van der Waals surface area contributed by atoms with Crippen molar-refractivity contribution in [3.05, 3.63) is 83.9 Å². The van der Waals surface area contributed by atoms with E-state index in [0.717, 1.165) is 27.4 Å². The SMILES string of the molecule is CCOc1ccc(N(C(C)C(=O)Nc2ccc(CSc3ccccc3)cc2C)S(C)(=O)=O)cc1. The predicted octanol–water partition coefficient (Wildman–Crippen LogP) is 5.48. The van der Waals surface area contributed by atoms with Gasteiger partial charge in [-0.3, -0.25) is 9.10 Å². The molecule has 0 aliphatic carbocycles. The van der Waals surface area contributed by atoms with E-state index in [-0.39, 0.29) is 0 Å². The summed E-state index contributed by atoms with van der Waals surface area (Å²) in [6.45, 7) is 5.89. The molecule has 1 atom stereocenters. The van der Waals surface area contributed by atoms with Gasteiger partial charge in [0.1, 0.15) is 11.8 Å². The number of nitrogens with zero attached hydrogens (tertiary/aromatic N) is 1. The highest BCUT2D eigenvalue weighted by atomic mass is 32.2. The Morgan fingerprint density at radius 2 is 1.74 bits per heavy atom.